The van der Waals surface area contributed by atoms with Crippen molar-refractivity contribution in [2.24, 2.45) is 0 Å². The molecule has 0 N–H and O–H groups in total. The van der Waals surface area contributed by atoms with Gasteiger partial charge in [0.1, 0.15) is 5.75 Å². The Kier molecular flexibility index (Phi) is 14.0. The average molecular weight is 740 g/mol. The number of amides is 2. The van der Waals surface area contributed by atoms with Crippen molar-refractivity contribution in [1.29, 1.82) is 5.26 Å². The van der Waals surface area contributed by atoms with E-state index >= 15 is 0 Å². The molecule has 0 unspecified atom stereocenters. The zero-order chi connectivity index (χ0) is 38.6. The number of anilines is 2. The number of carbonyl (C=O) groups excluding carboxylic acids is 2. The first kappa shape index (κ1) is 39.6. The highest BCUT2D eigenvalue weighted by molar-refractivity contribution is 6.26. The van der Waals surface area contributed by atoms with Crippen LogP contribution in [0.3, 0.4) is 0 Å². The molecule has 0 aliphatic carbocycles. The molecule has 4 aromatic carbocycles. The lowest BCUT2D eigenvalue weighted by atomic mass is 9.92. The second kappa shape index (κ2) is 19.5. The number of imide groups is 1. The molecular weight excluding hydrogens is 683 g/mol. The van der Waals surface area contributed by atoms with Crippen molar-refractivity contribution in [1.82, 2.24) is 9.80 Å². The highest BCUT2D eigenvalue weighted by Gasteiger charge is 2.33. The molecule has 2 aliphatic heterocycles. The minimum absolute atomic E-state index is 0.161. The fourth-order valence-electron chi connectivity index (χ4n) is 7.77. The van der Waals surface area contributed by atoms with Crippen LogP contribution in [0.2, 0.25) is 0 Å². The summed E-state index contributed by atoms with van der Waals surface area (Å²) in [5.41, 5.74) is 6.10. The molecule has 0 atom stereocenters. The predicted molar refractivity (Wildman–Crippen MR) is 226 cm³/mol. The fraction of sp³-hybridized carbons (Fsp3) is 0.426. The maximum absolute atomic E-state index is 13.3. The van der Waals surface area contributed by atoms with Gasteiger partial charge < -0.3 is 14.5 Å². The number of nitrogens with zero attached hydrogens (tertiary/aromatic N) is 5. The van der Waals surface area contributed by atoms with Crippen molar-refractivity contribution in [3.05, 3.63) is 101 Å². The lowest BCUT2D eigenvalue weighted by Gasteiger charge is -2.37. The van der Waals surface area contributed by atoms with Crippen LogP contribution in [0.25, 0.3) is 22.4 Å². The molecule has 8 nitrogen and oxygen atoms in total. The first-order valence-electron chi connectivity index (χ1n) is 20.4. The fourth-order valence-corrected chi connectivity index (χ4v) is 7.77. The summed E-state index contributed by atoms with van der Waals surface area (Å²) in [6, 6.07) is 28.3. The van der Waals surface area contributed by atoms with Gasteiger partial charge in [-0.05, 0) is 97.6 Å². The summed E-state index contributed by atoms with van der Waals surface area (Å²) in [6.45, 7) is 8.37. The van der Waals surface area contributed by atoms with Gasteiger partial charge in [-0.2, -0.15) is 5.26 Å². The lowest BCUT2D eigenvalue weighted by molar-refractivity contribution is 0.0608. The van der Waals surface area contributed by atoms with Crippen LogP contribution in [0.15, 0.2) is 78.9 Å². The van der Waals surface area contributed by atoms with Crippen molar-refractivity contribution >= 4 is 45.6 Å². The van der Waals surface area contributed by atoms with E-state index in [-0.39, 0.29) is 11.8 Å². The van der Waals surface area contributed by atoms with Gasteiger partial charge in [0.15, 0.2) is 0 Å². The van der Waals surface area contributed by atoms with Crippen LogP contribution in [0.1, 0.15) is 103 Å². The number of hydrogen-bond donors (Lipinski definition) is 0. The highest BCUT2D eigenvalue weighted by atomic mass is 16.5. The molecule has 0 saturated carbocycles. The third-order valence-corrected chi connectivity index (χ3v) is 11.1. The van der Waals surface area contributed by atoms with E-state index in [2.05, 4.69) is 52.0 Å². The van der Waals surface area contributed by atoms with Crippen molar-refractivity contribution in [3.8, 4) is 11.8 Å². The molecule has 2 heterocycles. The summed E-state index contributed by atoms with van der Waals surface area (Å²) in [6.07, 6.45) is 13.5. The Morgan fingerprint density at radius 2 is 1.40 bits per heavy atom. The van der Waals surface area contributed by atoms with Crippen LogP contribution in [0.5, 0.6) is 5.75 Å². The largest absolute Gasteiger partial charge is 0.494 e. The average Bonchev–Trinajstić information content (AvgIpc) is 3.21. The summed E-state index contributed by atoms with van der Waals surface area (Å²) < 4.78 is 5.99. The van der Waals surface area contributed by atoms with E-state index < -0.39 is 0 Å². The van der Waals surface area contributed by atoms with Gasteiger partial charge in [-0.1, -0.05) is 76.1 Å². The van der Waals surface area contributed by atoms with Crippen molar-refractivity contribution in [3.63, 3.8) is 0 Å². The van der Waals surface area contributed by atoms with Crippen LogP contribution in [0, 0.1) is 11.3 Å². The van der Waals surface area contributed by atoms with Crippen molar-refractivity contribution in [2.45, 2.75) is 71.1 Å². The Labute approximate surface area is 328 Å². The van der Waals surface area contributed by atoms with Crippen molar-refractivity contribution in [2.75, 3.05) is 69.8 Å². The summed E-state index contributed by atoms with van der Waals surface area (Å²) in [7, 11) is 4.03. The van der Waals surface area contributed by atoms with Crippen LogP contribution in [-0.2, 0) is 0 Å². The Balaban J connectivity index is 0.830. The Hall–Kier alpha value is -5.13. The third-order valence-electron chi connectivity index (χ3n) is 11.1. The summed E-state index contributed by atoms with van der Waals surface area (Å²) in [5.74, 6) is 0.525. The van der Waals surface area contributed by atoms with E-state index in [0.29, 0.717) is 29.9 Å². The van der Waals surface area contributed by atoms with Gasteiger partial charge in [-0.15, -0.1) is 0 Å². The number of unbranched alkanes of at least 4 members (excludes halogenated alkanes) is 8. The van der Waals surface area contributed by atoms with Gasteiger partial charge in [-0.3, -0.25) is 19.4 Å². The molecule has 0 aromatic heterocycles. The Morgan fingerprint density at radius 1 is 0.745 bits per heavy atom. The zero-order valence-corrected chi connectivity index (χ0v) is 33.1. The summed E-state index contributed by atoms with van der Waals surface area (Å²) in [5, 5.41) is 11.6. The molecule has 288 valence electrons. The molecule has 0 spiro atoms. The Bertz CT molecular complexity index is 1950. The lowest BCUT2D eigenvalue weighted by Crippen LogP contribution is -2.46. The number of hydrogen-bond acceptors (Lipinski definition) is 7. The monoisotopic (exact) mass is 739 g/mol. The molecule has 0 radical (unpaired) electrons. The molecule has 0 bridgehead atoms. The molecule has 55 heavy (non-hydrogen) atoms. The molecule has 4 aromatic rings. The van der Waals surface area contributed by atoms with E-state index in [4.69, 9.17) is 4.74 Å². The Morgan fingerprint density at radius 3 is 2.05 bits per heavy atom. The number of ether oxygens (including phenoxy) is 1. The van der Waals surface area contributed by atoms with E-state index in [0.717, 1.165) is 91.0 Å². The molecule has 6 rings (SSSR count). The van der Waals surface area contributed by atoms with E-state index in [1.165, 1.54) is 49.8 Å². The first-order chi connectivity index (χ1) is 26.9. The quantitative estimate of drug-likeness (QED) is 0.0410. The van der Waals surface area contributed by atoms with Gasteiger partial charge in [0.25, 0.3) is 11.8 Å². The number of benzene rings is 4. The van der Waals surface area contributed by atoms with Gasteiger partial charge >= 0.3 is 0 Å². The predicted octanol–water partition coefficient (Wildman–Crippen LogP) is 9.69. The first-order valence-corrected chi connectivity index (χ1v) is 20.4. The van der Waals surface area contributed by atoms with Gasteiger partial charge in [-0.25, -0.2) is 0 Å². The standard InChI is InChI=1S/C47H57N5O3/c1-4-5-28-52-46(53)42-16-14-15-41-44(26-25-43(45(41)42)47(52)54)51-31-29-50(30-32-51)27-12-10-8-6-7-9-11-13-33-55-40-23-19-37(20-24-40)38(35-48)34-36-17-21-39(22-18-36)49(2)3/h14-26,34H,4-13,27-33H2,1-3H3/b38-34-. The SMILES string of the molecule is CCCCN1C(=O)c2cccc3c(N4CCN(CCCCCCCCCCOc5ccc(/C(C#N)=C\c6ccc(N(C)C)cc6)cc5)CC4)ccc(c23)C1=O. The normalized spacial score (nSPS) is 14.8. The third kappa shape index (κ3) is 9.95. The number of piperazine rings is 1. The smallest absolute Gasteiger partial charge is 0.261 e. The van der Waals surface area contributed by atoms with Crippen LogP contribution < -0.4 is 14.5 Å². The minimum atomic E-state index is -0.161. The van der Waals surface area contributed by atoms with Crippen LogP contribution in [-0.4, -0.2) is 81.6 Å². The second-order valence-corrected chi connectivity index (χ2v) is 15.2. The number of rotatable bonds is 19. The van der Waals surface area contributed by atoms with Crippen LogP contribution >= 0.6 is 0 Å². The summed E-state index contributed by atoms with van der Waals surface area (Å²) in [4.78, 5) is 35.1. The number of nitriles is 1. The van der Waals surface area contributed by atoms with E-state index in [1.54, 1.807) is 0 Å². The number of carbonyl (C=O) groups is 2. The highest BCUT2D eigenvalue weighted by Crippen LogP contribution is 2.36. The molecule has 1 fully saturated rings. The molecule has 8 heteroatoms. The van der Waals surface area contributed by atoms with Crippen LogP contribution in [0.4, 0.5) is 11.4 Å². The summed E-state index contributed by atoms with van der Waals surface area (Å²) >= 11 is 0. The molecule has 2 amide bonds. The second-order valence-electron chi connectivity index (χ2n) is 15.2. The zero-order valence-electron chi connectivity index (χ0n) is 33.1. The van der Waals surface area contributed by atoms with E-state index in [9.17, 15) is 14.9 Å². The van der Waals surface area contributed by atoms with Gasteiger partial charge in [0.2, 0.25) is 0 Å². The van der Waals surface area contributed by atoms with Gasteiger partial charge in [0, 0.05) is 80.1 Å². The topological polar surface area (TPSA) is 80.1 Å². The minimum Gasteiger partial charge on any atom is -0.494 e. The molecule has 1 saturated heterocycles. The van der Waals surface area contributed by atoms with Gasteiger partial charge in [0.05, 0.1) is 18.2 Å². The molecule has 2 aliphatic rings. The maximum Gasteiger partial charge on any atom is 0.261 e. The maximum atomic E-state index is 13.3. The molecular formula is C47H57N5O3. The van der Waals surface area contributed by atoms with E-state index in [1.807, 2.05) is 74.8 Å². The number of allylic oxidation sites excluding steroid dienone is 1. The van der Waals surface area contributed by atoms with Crippen molar-refractivity contribution < 1.29 is 14.3 Å².